The molecule has 0 bridgehead atoms. The molecule has 12 nitrogen and oxygen atoms in total. The Kier molecular flexibility index (Phi) is 10.3. The molecule has 14 heteroatoms. The number of tetrazole rings is 1. The molecule has 1 atom stereocenters. The number of nitrogens with one attached hydrogen (secondary N) is 2. The van der Waals surface area contributed by atoms with E-state index in [0.29, 0.717) is 39.4 Å². The van der Waals surface area contributed by atoms with E-state index in [0.717, 1.165) is 0 Å². The van der Waals surface area contributed by atoms with Crippen molar-refractivity contribution in [2.75, 3.05) is 46.8 Å². The van der Waals surface area contributed by atoms with E-state index in [9.17, 15) is 9.18 Å². The van der Waals surface area contributed by atoms with Crippen molar-refractivity contribution < 1.29 is 32.9 Å². The summed E-state index contributed by atoms with van der Waals surface area (Å²) in [6, 6.07) is 14.1. The predicted octanol–water partition coefficient (Wildman–Crippen LogP) is 4.29. The molecule has 2 N–H and O–H groups in total. The Bertz CT molecular complexity index is 1470. The highest BCUT2D eigenvalue weighted by Gasteiger charge is 2.25. The lowest BCUT2D eigenvalue weighted by molar-refractivity contribution is -0.117. The number of para-hydroxylation sites is 1. The van der Waals surface area contributed by atoms with Crippen LogP contribution in [0.4, 0.5) is 10.1 Å². The van der Waals surface area contributed by atoms with Crippen molar-refractivity contribution in [2.24, 2.45) is 0 Å². The minimum Gasteiger partial charge on any atom is -0.493 e. The molecular formula is C28H30ClFN6O6. The zero-order chi connectivity index (χ0) is 30.1. The number of hydrogen-bond acceptors (Lipinski definition) is 10. The fourth-order valence-electron chi connectivity index (χ4n) is 4.05. The van der Waals surface area contributed by atoms with Gasteiger partial charge < -0.3 is 29.0 Å². The van der Waals surface area contributed by atoms with Gasteiger partial charge in [-0.3, -0.25) is 9.69 Å². The number of anilines is 1. The number of aromatic nitrogens is 4. The van der Waals surface area contributed by atoms with E-state index in [1.807, 2.05) is 0 Å². The van der Waals surface area contributed by atoms with E-state index in [2.05, 4.69) is 25.9 Å². The number of nitrogens with zero attached hydrogens (tertiary/aromatic N) is 4. The van der Waals surface area contributed by atoms with Gasteiger partial charge >= 0.3 is 0 Å². The van der Waals surface area contributed by atoms with E-state index in [1.54, 1.807) is 54.4 Å². The molecule has 4 rings (SSSR count). The Hall–Kier alpha value is -4.62. The number of methoxy groups -OCH3 is 3. The van der Waals surface area contributed by atoms with Crippen LogP contribution in [0.15, 0.2) is 54.6 Å². The van der Waals surface area contributed by atoms with E-state index >= 15 is 0 Å². The van der Waals surface area contributed by atoms with Crippen LogP contribution in [0.1, 0.15) is 17.4 Å². The summed E-state index contributed by atoms with van der Waals surface area (Å²) in [7, 11) is 6.23. The highest BCUT2D eigenvalue weighted by molar-refractivity contribution is 6.32. The second-order valence-corrected chi connectivity index (χ2v) is 9.37. The van der Waals surface area contributed by atoms with Crippen molar-refractivity contribution in [1.82, 2.24) is 25.5 Å². The number of hydrogen-bond donors (Lipinski definition) is 2. The predicted molar refractivity (Wildman–Crippen MR) is 152 cm³/mol. The highest BCUT2D eigenvalue weighted by Crippen LogP contribution is 2.38. The van der Waals surface area contributed by atoms with Gasteiger partial charge in [-0.05, 0) is 49.0 Å². The molecule has 1 unspecified atom stereocenters. The molecule has 0 saturated carbocycles. The normalized spacial score (nSPS) is 11.6. The maximum Gasteiger partial charge on any atom is 0.238 e. The van der Waals surface area contributed by atoms with Crippen LogP contribution in [0, 0.1) is 5.82 Å². The molecule has 0 saturated heterocycles. The van der Waals surface area contributed by atoms with Gasteiger partial charge in [0.15, 0.2) is 28.9 Å². The first-order valence-electron chi connectivity index (χ1n) is 12.6. The van der Waals surface area contributed by atoms with Crippen molar-refractivity contribution >= 4 is 23.2 Å². The number of likely N-dealkylation sites (N-methyl/N-ethyl adjacent to an activating group) is 1. The molecule has 0 radical (unpaired) electrons. The third kappa shape index (κ3) is 7.56. The van der Waals surface area contributed by atoms with Crippen molar-refractivity contribution in [2.45, 2.75) is 12.6 Å². The van der Waals surface area contributed by atoms with Gasteiger partial charge in [-0.25, -0.2) is 4.39 Å². The fourth-order valence-corrected chi connectivity index (χ4v) is 4.24. The first-order chi connectivity index (χ1) is 20.3. The number of amides is 1. The molecule has 0 aliphatic rings. The van der Waals surface area contributed by atoms with E-state index < -0.39 is 17.8 Å². The number of rotatable bonds is 14. The summed E-state index contributed by atoms with van der Waals surface area (Å²) in [5.41, 5.74) is 0.938. The summed E-state index contributed by atoms with van der Waals surface area (Å²) in [5, 5.41) is 17.2. The van der Waals surface area contributed by atoms with Gasteiger partial charge in [0.1, 0.15) is 25.0 Å². The molecule has 1 aromatic heterocycles. The maximum atomic E-state index is 14.9. The van der Waals surface area contributed by atoms with E-state index in [4.69, 9.17) is 35.3 Å². The summed E-state index contributed by atoms with van der Waals surface area (Å²) in [6.45, 7) is 0.0591. The third-order valence-electron chi connectivity index (χ3n) is 6.15. The number of ether oxygens (including phenoxy) is 5. The summed E-state index contributed by atoms with van der Waals surface area (Å²) in [6.07, 6.45) is 0. The van der Waals surface area contributed by atoms with Crippen molar-refractivity contribution in [1.29, 1.82) is 0 Å². The minimum absolute atomic E-state index is 0.00719. The van der Waals surface area contributed by atoms with Crippen LogP contribution < -0.4 is 29.0 Å². The summed E-state index contributed by atoms with van der Waals surface area (Å²) < 4.78 is 42.4. The van der Waals surface area contributed by atoms with Gasteiger partial charge in [0.05, 0.1) is 32.9 Å². The van der Waals surface area contributed by atoms with Crippen molar-refractivity contribution in [3.63, 3.8) is 0 Å². The number of carbonyl (C=O) groups excluding carboxylic acids is 1. The lowest BCUT2D eigenvalue weighted by atomic mass is 10.2. The van der Waals surface area contributed by atoms with E-state index in [-0.39, 0.29) is 31.2 Å². The Morgan fingerprint density at radius 1 is 1.00 bits per heavy atom. The van der Waals surface area contributed by atoms with Crippen molar-refractivity contribution in [3.8, 4) is 28.7 Å². The molecule has 1 amide bonds. The van der Waals surface area contributed by atoms with Crippen LogP contribution in [0.3, 0.4) is 0 Å². The Morgan fingerprint density at radius 3 is 2.36 bits per heavy atom. The summed E-state index contributed by atoms with van der Waals surface area (Å²) >= 11 is 6.19. The van der Waals surface area contributed by atoms with Crippen LogP contribution in [-0.2, 0) is 11.4 Å². The Labute approximate surface area is 246 Å². The largest absolute Gasteiger partial charge is 0.493 e. The van der Waals surface area contributed by atoms with Gasteiger partial charge in [0, 0.05) is 11.8 Å². The molecule has 0 spiro atoms. The van der Waals surface area contributed by atoms with Gasteiger partial charge in [-0.15, -0.1) is 10.2 Å². The van der Waals surface area contributed by atoms with Gasteiger partial charge in [0.25, 0.3) is 0 Å². The second-order valence-electron chi connectivity index (χ2n) is 8.96. The number of carbonyl (C=O) groups is 1. The molecule has 0 aliphatic carbocycles. The fraction of sp³-hybridized carbons (Fsp3) is 0.286. The SMILES string of the molecule is COc1cc(COc2ccc(NC(=O)CN(C)C(COc3ccccc3Cl)c3nn[nH]n3)cc2F)cc(OC)c1OC. The second kappa shape index (κ2) is 14.3. The van der Waals surface area contributed by atoms with Gasteiger partial charge in [-0.2, -0.15) is 5.21 Å². The number of halogens is 2. The standard InChI is InChI=1S/C28H30ClFN6O6/c1-36(21(28-32-34-35-33-28)16-42-22-8-6-5-7-19(22)29)14-26(37)31-18-9-10-23(20(30)13-18)41-15-17-11-24(38-2)27(40-4)25(12-17)39-3/h5-13,21H,14-16H2,1-4H3,(H,31,37)(H,32,33,34,35). The van der Waals surface area contributed by atoms with Gasteiger partial charge in [-0.1, -0.05) is 28.9 Å². The summed E-state index contributed by atoms with van der Waals surface area (Å²) in [4.78, 5) is 14.5. The van der Waals surface area contributed by atoms with E-state index in [1.165, 1.54) is 33.5 Å². The molecule has 42 heavy (non-hydrogen) atoms. The van der Waals surface area contributed by atoms with Crippen LogP contribution in [-0.4, -0.2) is 73.0 Å². The molecular weight excluding hydrogens is 571 g/mol. The average molecular weight is 601 g/mol. The molecule has 3 aromatic carbocycles. The van der Waals surface area contributed by atoms with Crippen LogP contribution >= 0.6 is 11.6 Å². The first kappa shape index (κ1) is 30.3. The Morgan fingerprint density at radius 2 is 1.74 bits per heavy atom. The smallest absolute Gasteiger partial charge is 0.238 e. The topological polar surface area (TPSA) is 133 Å². The quantitative estimate of drug-likeness (QED) is 0.216. The van der Waals surface area contributed by atoms with Crippen molar-refractivity contribution in [3.05, 3.63) is 76.8 Å². The van der Waals surface area contributed by atoms with Crippen LogP contribution in [0.5, 0.6) is 28.7 Å². The molecule has 1 heterocycles. The van der Waals surface area contributed by atoms with Gasteiger partial charge in [0.2, 0.25) is 11.7 Å². The molecule has 0 aliphatic heterocycles. The number of aromatic amines is 1. The Balaban J connectivity index is 1.36. The summed E-state index contributed by atoms with van der Waals surface area (Å²) in [5.74, 6) is 1.13. The van der Waals surface area contributed by atoms with Crippen LogP contribution in [0.25, 0.3) is 0 Å². The highest BCUT2D eigenvalue weighted by atomic mass is 35.5. The minimum atomic E-state index is -0.647. The lowest BCUT2D eigenvalue weighted by Gasteiger charge is -2.25. The first-order valence-corrected chi connectivity index (χ1v) is 13.0. The average Bonchev–Trinajstić information content (AvgIpc) is 3.51. The lowest BCUT2D eigenvalue weighted by Crippen LogP contribution is -2.36. The molecule has 222 valence electrons. The third-order valence-corrected chi connectivity index (χ3v) is 6.46. The number of benzene rings is 3. The number of H-pyrrole nitrogens is 1. The zero-order valence-electron chi connectivity index (χ0n) is 23.4. The maximum absolute atomic E-state index is 14.9. The van der Waals surface area contributed by atoms with Crippen LogP contribution in [0.2, 0.25) is 5.02 Å². The zero-order valence-corrected chi connectivity index (χ0v) is 24.1. The molecule has 4 aromatic rings. The monoisotopic (exact) mass is 600 g/mol. The molecule has 0 fully saturated rings.